The van der Waals surface area contributed by atoms with Crippen LogP contribution in [0, 0.1) is 5.41 Å². The Bertz CT molecular complexity index is 241. The average Bonchev–Trinajstić information content (AvgIpc) is 2.33. The first-order chi connectivity index (χ1) is 8.09. The van der Waals surface area contributed by atoms with Crippen LogP contribution in [0.5, 0.6) is 0 Å². The van der Waals surface area contributed by atoms with Gasteiger partial charge in [0.25, 0.3) is 0 Å². The predicted octanol–water partition coefficient (Wildman–Crippen LogP) is 3.14. The van der Waals surface area contributed by atoms with Crippen molar-refractivity contribution in [1.29, 1.82) is 0 Å². The molecule has 0 saturated carbocycles. The summed E-state index contributed by atoms with van der Waals surface area (Å²) in [6, 6.07) is 0.642. The predicted molar refractivity (Wildman–Crippen MR) is 70.2 cm³/mol. The number of carboxylic acids is 1. The van der Waals surface area contributed by atoms with Gasteiger partial charge in [0.1, 0.15) is 0 Å². The molecular formula is C14H27NO2. The molecule has 3 heteroatoms. The lowest BCUT2D eigenvalue weighted by atomic mass is 9.74. The molecule has 100 valence electrons. The Morgan fingerprint density at radius 3 is 2.12 bits per heavy atom. The zero-order valence-corrected chi connectivity index (χ0v) is 11.5. The van der Waals surface area contributed by atoms with E-state index in [0.717, 1.165) is 38.8 Å². The third kappa shape index (κ3) is 3.21. The number of piperidine rings is 1. The summed E-state index contributed by atoms with van der Waals surface area (Å²) in [5.74, 6) is -0.580. The quantitative estimate of drug-likeness (QED) is 0.776. The van der Waals surface area contributed by atoms with E-state index >= 15 is 0 Å². The lowest BCUT2D eigenvalue weighted by Gasteiger charge is -2.42. The van der Waals surface area contributed by atoms with Gasteiger partial charge in [-0.25, -0.2) is 0 Å². The largest absolute Gasteiger partial charge is 0.481 e. The molecule has 0 atom stereocenters. The van der Waals surface area contributed by atoms with Gasteiger partial charge in [0.2, 0.25) is 0 Å². The molecule has 0 radical (unpaired) electrons. The van der Waals surface area contributed by atoms with Gasteiger partial charge in [-0.1, -0.05) is 27.2 Å². The maximum Gasteiger partial charge on any atom is 0.309 e. The second-order valence-electron chi connectivity index (χ2n) is 5.34. The smallest absolute Gasteiger partial charge is 0.309 e. The maximum atomic E-state index is 11.5. The van der Waals surface area contributed by atoms with Crippen LogP contribution in [-0.2, 0) is 4.79 Å². The minimum Gasteiger partial charge on any atom is -0.481 e. The molecule has 1 saturated heterocycles. The molecule has 1 N–H and O–H groups in total. The van der Waals surface area contributed by atoms with Gasteiger partial charge in [-0.05, 0) is 45.2 Å². The van der Waals surface area contributed by atoms with Gasteiger partial charge in [0, 0.05) is 6.04 Å². The third-order valence-corrected chi connectivity index (χ3v) is 4.40. The second-order valence-corrected chi connectivity index (χ2v) is 5.34. The van der Waals surface area contributed by atoms with Crippen molar-refractivity contribution in [2.24, 2.45) is 5.41 Å². The molecule has 0 amide bonds. The van der Waals surface area contributed by atoms with Gasteiger partial charge in [-0.2, -0.15) is 0 Å². The summed E-state index contributed by atoms with van der Waals surface area (Å²) in [6.07, 6.45) is 5.80. The molecule has 1 rings (SSSR count). The van der Waals surface area contributed by atoms with Crippen LogP contribution in [0.15, 0.2) is 0 Å². The summed E-state index contributed by atoms with van der Waals surface area (Å²) in [5.41, 5.74) is -0.433. The molecule has 0 aromatic carbocycles. The van der Waals surface area contributed by atoms with Crippen LogP contribution in [0.2, 0.25) is 0 Å². The minimum absolute atomic E-state index is 0.433. The van der Waals surface area contributed by atoms with Crippen molar-refractivity contribution in [3.63, 3.8) is 0 Å². The van der Waals surface area contributed by atoms with Gasteiger partial charge >= 0.3 is 5.97 Å². The highest BCUT2D eigenvalue weighted by Crippen LogP contribution is 2.37. The van der Waals surface area contributed by atoms with Crippen molar-refractivity contribution in [1.82, 2.24) is 4.90 Å². The molecule has 1 aliphatic rings. The molecule has 1 fully saturated rings. The number of rotatable bonds is 6. The summed E-state index contributed by atoms with van der Waals surface area (Å²) in [7, 11) is 0. The Balaban J connectivity index is 2.61. The molecule has 0 aliphatic carbocycles. The molecule has 0 aromatic heterocycles. The van der Waals surface area contributed by atoms with E-state index in [1.807, 2.05) is 0 Å². The van der Waals surface area contributed by atoms with E-state index in [0.29, 0.717) is 6.04 Å². The summed E-state index contributed by atoms with van der Waals surface area (Å²) in [4.78, 5) is 13.9. The number of likely N-dealkylation sites (tertiary alicyclic amines) is 1. The van der Waals surface area contributed by atoms with Crippen LogP contribution >= 0.6 is 0 Å². The van der Waals surface area contributed by atoms with Gasteiger partial charge < -0.3 is 10.0 Å². The van der Waals surface area contributed by atoms with Crippen molar-refractivity contribution in [3.05, 3.63) is 0 Å². The number of carboxylic acid groups (broad SMARTS) is 1. The van der Waals surface area contributed by atoms with E-state index in [1.54, 1.807) is 0 Å². The first-order valence-electron chi connectivity index (χ1n) is 7.07. The van der Waals surface area contributed by atoms with E-state index in [4.69, 9.17) is 0 Å². The van der Waals surface area contributed by atoms with Crippen molar-refractivity contribution in [2.75, 3.05) is 13.1 Å². The van der Waals surface area contributed by atoms with Gasteiger partial charge in [0.15, 0.2) is 0 Å². The van der Waals surface area contributed by atoms with Crippen LogP contribution in [-0.4, -0.2) is 35.1 Å². The van der Waals surface area contributed by atoms with Crippen LogP contribution in [0.25, 0.3) is 0 Å². The van der Waals surface area contributed by atoms with Crippen molar-refractivity contribution in [2.45, 2.75) is 65.3 Å². The molecule has 1 aliphatic heterocycles. The lowest BCUT2D eigenvalue weighted by molar-refractivity contribution is -0.153. The number of hydrogen-bond donors (Lipinski definition) is 1. The van der Waals surface area contributed by atoms with Gasteiger partial charge in [-0.3, -0.25) is 4.79 Å². The highest BCUT2D eigenvalue weighted by atomic mass is 16.4. The van der Waals surface area contributed by atoms with E-state index in [-0.39, 0.29) is 0 Å². The molecule has 0 spiro atoms. The maximum absolute atomic E-state index is 11.5. The van der Waals surface area contributed by atoms with Crippen LogP contribution in [0.4, 0.5) is 0 Å². The molecular weight excluding hydrogens is 214 g/mol. The van der Waals surface area contributed by atoms with Crippen molar-refractivity contribution in [3.8, 4) is 0 Å². The first kappa shape index (κ1) is 14.5. The number of nitrogens with zero attached hydrogens (tertiary/aromatic N) is 1. The normalized spacial score (nSPS) is 20.7. The Morgan fingerprint density at radius 2 is 1.76 bits per heavy atom. The standard InChI is InChI=1S/C14H27NO2/c1-4-7-14(13(16)17)8-10-15(11-9-14)12(5-2)6-3/h12H,4-11H2,1-3H3,(H,16,17). The summed E-state index contributed by atoms with van der Waals surface area (Å²) >= 11 is 0. The fourth-order valence-corrected chi connectivity index (χ4v) is 3.17. The van der Waals surface area contributed by atoms with Crippen molar-refractivity contribution < 1.29 is 9.90 Å². The van der Waals surface area contributed by atoms with Crippen LogP contribution in [0.1, 0.15) is 59.3 Å². The SMILES string of the molecule is CCCC1(C(=O)O)CCN(C(CC)CC)CC1. The summed E-state index contributed by atoms with van der Waals surface area (Å²) in [6.45, 7) is 8.44. The molecule has 0 unspecified atom stereocenters. The third-order valence-electron chi connectivity index (χ3n) is 4.40. The lowest BCUT2D eigenvalue weighted by Crippen LogP contribution is -2.47. The number of hydrogen-bond acceptors (Lipinski definition) is 2. The summed E-state index contributed by atoms with van der Waals surface area (Å²) in [5, 5.41) is 9.44. The fourth-order valence-electron chi connectivity index (χ4n) is 3.17. The van der Waals surface area contributed by atoms with Gasteiger partial charge in [0.05, 0.1) is 5.41 Å². The Kier molecular flexibility index (Phi) is 5.44. The highest BCUT2D eigenvalue weighted by molar-refractivity contribution is 5.74. The number of carbonyl (C=O) groups is 1. The van der Waals surface area contributed by atoms with Crippen molar-refractivity contribution >= 4 is 5.97 Å². The Labute approximate surface area is 105 Å². The average molecular weight is 241 g/mol. The molecule has 1 heterocycles. The second kappa shape index (κ2) is 6.39. The van der Waals surface area contributed by atoms with E-state index in [2.05, 4.69) is 25.7 Å². The molecule has 0 aromatic rings. The topological polar surface area (TPSA) is 40.5 Å². The Hall–Kier alpha value is -0.570. The highest BCUT2D eigenvalue weighted by Gasteiger charge is 2.41. The van der Waals surface area contributed by atoms with E-state index < -0.39 is 11.4 Å². The molecule has 0 bridgehead atoms. The van der Waals surface area contributed by atoms with E-state index in [9.17, 15) is 9.90 Å². The van der Waals surface area contributed by atoms with E-state index in [1.165, 1.54) is 12.8 Å². The van der Waals surface area contributed by atoms with Gasteiger partial charge in [-0.15, -0.1) is 0 Å². The first-order valence-corrected chi connectivity index (χ1v) is 7.07. The monoisotopic (exact) mass is 241 g/mol. The van der Waals surface area contributed by atoms with Crippen LogP contribution < -0.4 is 0 Å². The zero-order valence-electron chi connectivity index (χ0n) is 11.5. The molecule has 17 heavy (non-hydrogen) atoms. The van der Waals surface area contributed by atoms with Crippen LogP contribution in [0.3, 0.4) is 0 Å². The molecule has 3 nitrogen and oxygen atoms in total. The Morgan fingerprint density at radius 1 is 1.24 bits per heavy atom. The minimum atomic E-state index is -0.580. The summed E-state index contributed by atoms with van der Waals surface area (Å²) < 4.78 is 0. The zero-order chi connectivity index (χ0) is 12.9. The number of aliphatic carboxylic acids is 1. The fraction of sp³-hybridized carbons (Fsp3) is 0.929.